The van der Waals surface area contributed by atoms with Crippen LogP contribution in [0.15, 0.2) is 30.3 Å². The van der Waals surface area contributed by atoms with Crippen molar-refractivity contribution in [3.63, 3.8) is 0 Å². The van der Waals surface area contributed by atoms with E-state index in [-0.39, 0.29) is 18.8 Å². The first-order valence-electron chi connectivity index (χ1n) is 17.4. The van der Waals surface area contributed by atoms with Gasteiger partial charge in [-0.25, -0.2) is 4.79 Å². The zero-order chi connectivity index (χ0) is 30.1. The highest BCUT2D eigenvalue weighted by molar-refractivity contribution is 5.89. The highest BCUT2D eigenvalue weighted by atomic mass is 16.5. The Morgan fingerprint density at radius 3 is 2.09 bits per heavy atom. The number of methoxy groups -OCH3 is 1. The summed E-state index contributed by atoms with van der Waals surface area (Å²) in [7, 11) is 3.70. The van der Waals surface area contributed by atoms with Crippen LogP contribution in [0.1, 0.15) is 142 Å². The summed E-state index contributed by atoms with van der Waals surface area (Å²) in [5.74, 6) is 4.04. The summed E-state index contributed by atoms with van der Waals surface area (Å²) in [5, 5.41) is 3.88. The maximum absolute atomic E-state index is 12.0. The Balaban J connectivity index is 0.000000682. The topological polar surface area (TPSA) is 38.3 Å². The van der Waals surface area contributed by atoms with Crippen LogP contribution in [0.5, 0.6) is 0 Å². The lowest BCUT2D eigenvalue weighted by atomic mass is 9.33. The fraction of sp³-hybridized carbons (Fsp3) is 0.775. The van der Waals surface area contributed by atoms with Gasteiger partial charge in [0.1, 0.15) is 0 Å². The Bertz CT molecular complexity index is 1210. The van der Waals surface area contributed by atoms with Crippen LogP contribution < -0.4 is 5.32 Å². The molecule has 7 rings (SSSR count). The molecule has 43 heavy (non-hydrogen) atoms. The highest BCUT2D eigenvalue weighted by Crippen LogP contribution is 2.76. The average molecular weight is 590 g/mol. The fourth-order valence-corrected chi connectivity index (χ4v) is 12.2. The maximum Gasteiger partial charge on any atom is 0.337 e. The molecular weight excluding hydrogens is 526 g/mol. The highest BCUT2D eigenvalue weighted by Gasteiger charge is 2.69. The van der Waals surface area contributed by atoms with Crippen molar-refractivity contribution in [3.8, 4) is 0 Å². The van der Waals surface area contributed by atoms with Gasteiger partial charge in [0.2, 0.25) is 0 Å². The van der Waals surface area contributed by atoms with E-state index in [1.54, 1.807) is 0 Å². The number of fused-ring (bicyclic) bond motifs is 7. The van der Waals surface area contributed by atoms with E-state index in [0.717, 1.165) is 23.7 Å². The van der Waals surface area contributed by atoms with Gasteiger partial charge < -0.3 is 10.1 Å². The zero-order valence-corrected chi connectivity index (χ0v) is 28.1. The predicted octanol–water partition coefficient (Wildman–Crippen LogP) is 10.3. The lowest BCUT2D eigenvalue weighted by molar-refractivity contribution is -0.216. The lowest BCUT2D eigenvalue weighted by Crippen LogP contribution is -2.67. The number of hydrogen-bond donors (Lipinski definition) is 1. The minimum atomic E-state index is -0.260. The molecule has 8 atom stereocenters. The number of rotatable bonds is 3. The molecule has 5 saturated carbocycles. The number of esters is 1. The molecule has 3 nitrogen and oxygen atoms in total. The Hall–Kier alpha value is -1.61. The Morgan fingerprint density at radius 1 is 0.814 bits per heavy atom. The number of hydrogen-bond acceptors (Lipinski definition) is 3. The summed E-state index contributed by atoms with van der Waals surface area (Å²) in [4.78, 5) is 12.0. The smallest absolute Gasteiger partial charge is 0.337 e. The number of benzene rings is 1. The third-order valence-electron chi connectivity index (χ3n) is 14.9. The molecule has 0 aromatic heterocycles. The van der Waals surface area contributed by atoms with Gasteiger partial charge in [-0.05, 0) is 139 Å². The summed E-state index contributed by atoms with van der Waals surface area (Å²) in [6.45, 7) is 15.4. The van der Waals surface area contributed by atoms with Gasteiger partial charge in [0.05, 0.1) is 12.7 Å². The second-order valence-corrected chi connectivity index (χ2v) is 16.9. The van der Waals surface area contributed by atoms with Crippen LogP contribution in [-0.4, -0.2) is 25.7 Å². The molecule has 240 valence electrons. The van der Waals surface area contributed by atoms with Gasteiger partial charge in [0.15, 0.2) is 0 Å². The van der Waals surface area contributed by atoms with Crippen molar-refractivity contribution in [2.45, 2.75) is 132 Å². The molecule has 1 N–H and O–H groups in total. The van der Waals surface area contributed by atoms with Crippen LogP contribution in [0.3, 0.4) is 0 Å². The van der Waals surface area contributed by atoms with E-state index in [2.05, 4.69) is 72.1 Å². The van der Waals surface area contributed by atoms with Crippen molar-refractivity contribution in [2.75, 3.05) is 14.2 Å². The molecule has 5 unspecified atom stereocenters. The SMILES string of the molecule is C.CC1CC1.CNC12CCC[C@@H]1C1CC[C@@H]3C4(C)CC=C(c5ccc(C(=O)OC)cc5)C(C)(C)C4CCC3(C)[C@]1(C)CC2. The Kier molecular flexibility index (Phi) is 8.63. The minimum Gasteiger partial charge on any atom is -0.465 e. The average Bonchev–Trinajstić information content (AvgIpc) is 3.63. The van der Waals surface area contributed by atoms with Gasteiger partial charge >= 0.3 is 5.97 Å². The van der Waals surface area contributed by atoms with E-state index in [1.165, 1.54) is 95.3 Å². The molecule has 1 aromatic carbocycles. The van der Waals surface area contributed by atoms with Crippen LogP contribution in [0.2, 0.25) is 0 Å². The molecule has 0 heterocycles. The van der Waals surface area contributed by atoms with E-state index in [4.69, 9.17) is 4.74 Å². The molecule has 0 aliphatic heterocycles. The number of ether oxygens (including phenoxy) is 1. The monoisotopic (exact) mass is 589 g/mol. The molecule has 5 fully saturated rings. The number of nitrogens with one attached hydrogen (secondary N) is 1. The predicted molar refractivity (Wildman–Crippen MR) is 181 cm³/mol. The number of carbonyl (C=O) groups is 1. The largest absolute Gasteiger partial charge is 0.465 e. The Morgan fingerprint density at radius 2 is 1.49 bits per heavy atom. The number of allylic oxidation sites excluding steroid dienone is 2. The van der Waals surface area contributed by atoms with Crippen LogP contribution in [-0.2, 0) is 4.74 Å². The minimum absolute atomic E-state index is 0. The van der Waals surface area contributed by atoms with Gasteiger partial charge in [-0.15, -0.1) is 0 Å². The van der Waals surface area contributed by atoms with Gasteiger partial charge in [0, 0.05) is 5.54 Å². The normalized spacial score (nSPS) is 42.4. The van der Waals surface area contributed by atoms with Crippen LogP contribution in [0, 0.1) is 51.2 Å². The molecule has 3 heteroatoms. The number of carbonyl (C=O) groups excluding carboxylic acids is 1. The summed E-state index contributed by atoms with van der Waals surface area (Å²) in [6.07, 6.45) is 19.3. The van der Waals surface area contributed by atoms with E-state index in [9.17, 15) is 4.79 Å². The molecular formula is C40H63NO2. The molecule has 1 aromatic rings. The van der Waals surface area contributed by atoms with E-state index >= 15 is 0 Å². The van der Waals surface area contributed by atoms with E-state index in [0.29, 0.717) is 33.3 Å². The van der Waals surface area contributed by atoms with Crippen molar-refractivity contribution in [2.24, 2.45) is 51.2 Å². The summed E-state index contributed by atoms with van der Waals surface area (Å²) in [6, 6.07) is 8.14. The van der Waals surface area contributed by atoms with E-state index in [1.807, 2.05) is 12.1 Å². The molecule has 0 saturated heterocycles. The van der Waals surface area contributed by atoms with Crippen molar-refractivity contribution in [1.82, 2.24) is 5.32 Å². The van der Waals surface area contributed by atoms with Gasteiger partial charge in [-0.2, -0.15) is 0 Å². The zero-order valence-electron chi connectivity index (χ0n) is 28.1. The summed E-state index contributed by atoms with van der Waals surface area (Å²) < 4.78 is 4.93. The molecule has 0 amide bonds. The van der Waals surface area contributed by atoms with Crippen molar-refractivity contribution in [3.05, 3.63) is 41.5 Å². The van der Waals surface area contributed by atoms with Crippen molar-refractivity contribution >= 4 is 11.5 Å². The van der Waals surface area contributed by atoms with Crippen molar-refractivity contribution in [1.29, 1.82) is 0 Å². The summed E-state index contributed by atoms with van der Waals surface area (Å²) in [5.41, 5.74) is 5.12. The van der Waals surface area contributed by atoms with Gasteiger partial charge in [-0.3, -0.25) is 0 Å². The van der Waals surface area contributed by atoms with Crippen molar-refractivity contribution < 1.29 is 9.53 Å². The van der Waals surface area contributed by atoms with Gasteiger partial charge in [0.25, 0.3) is 0 Å². The van der Waals surface area contributed by atoms with Gasteiger partial charge in [-0.1, -0.05) is 86.4 Å². The first kappa shape index (κ1) is 32.8. The van der Waals surface area contributed by atoms with Crippen LogP contribution in [0.4, 0.5) is 0 Å². The second kappa shape index (κ2) is 11.3. The third-order valence-corrected chi connectivity index (χ3v) is 14.9. The quantitative estimate of drug-likeness (QED) is 0.356. The van der Waals surface area contributed by atoms with Crippen LogP contribution in [0.25, 0.3) is 5.57 Å². The first-order valence-corrected chi connectivity index (χ1v) is 17.4. The molecule has 0 spiro atoms. The Labute approximate surface area is 264 Å². The fourth-order valence-electron chi connectivity index (χ4n) is 12.2. The third kappa shape index (κ3) is 4.88. The first-order chi connectivity index (χ1) is 19.9. The molecule has 6 aliphatic carbocycles. The molecule has 0 radical (unpaired) electrons. The second-order valence-electron chi connectivity index (χ2n) is 16.9. The lowest BCUT2D eigenvalue weighted by Gasteiger charge is -2.72. The van der Waals surface area contributed by atoms with Crippen LogP contribution >= 0.6 is 0 Å². The standard InChI is InChI=1S/C35H51NO2.C4H8.CH4/c1-31(2)25(23-10-12-24(13-11-23)30(37)38-7)16-19-32(3)28(31)17-20-34(5)29(32)15-14-26-27-9-8-18-35(27,36-6)22-21-33(26,34)4;1-4-2-3-4;/h10-13,16,26-29,36H,8-9,14-15,17-22H2,1-7H3;4H,2-3H2,1H3;1H4/t26?,27-,28?,29-,32?,33-,34?,35?;;/m1../s1. The molecule has 6 aliphatic rings. The molecule has 0 bridgehead atoms. The summed E-state index contributed by atoms with van der Waals surface area (Å²) >= 11 is 0. The van der Waals surface area contributed by atoms with E-state index < -0.39 is 0 Å². The maximum atomic E-state index is 12.0.